The summed E-state index contributed by atoms with van der Waals surface area (Å²) in [6, 6.07) is 13.2. The van der Waals surface area contributed by atoms with Crippen LogP contribution in [0.3, 0.4) is 0 Å². The lowest BCUT2D eigenvalue weighted by Gasteiger charge is -2.47. The van der Waals surface area contributed by atoms with Crippen LogP contribution in [0.25, 0.3) is 0 Å². The van der Waals surface area contributed by atoms with E-state index in [0.29, 0.717) is 39.1 Å². The Bertz CT molecular complexity index is 1140. The van der Waals surface area contributed by atoms with Crippen molar-refractivity contribution < 1.29 is 37.0 Å². The van der Waals surface area contributed by atoms with Crippen LogP contribution in [0.4, 0.5) is 13.2 Å². The van der Waals surface area contributed by atoms with Crippen molar-refractivity contribution in [3.8, 4) is 11.5 Å². The molecule has 3 fully saturated rings. The number of likely N-dealkylation sites (tertiary alicyclic amines) is 1. The van der Waals surface area contributed by atoms with Gasteiger partial charge in [-0.3, -0.25) is 9.59 Å². The number of alkyl halides is 3. The van der Waals surface area contributed by atoms with Gasteiger partial charge in [-0.1, -0.05) is 24.3 Å². The molecule has 3 aliphatic rings. The van der Waals surface area contributed by atoms with E-state index in [4.69, 9.17) is 9.47 Å². The summed E-state index contributed by atoms with van der Waals surface area (Å²) >= 11 is 0. The van der Waals surface area contributed by atoms with Crippen LogP contribution < -0.4 is 9.47 Å². The van der Waals surface area contributed by atoms with Gasteiger partial charge in [0.05, 0.1) is 25.9 Å². The smallest absolute Gasteiger partial charge is 0.497 e. The molecule has 5 rings (SSSR count). The van der Waals surface area contributed by atoms with Crippen molar-refractivity contribution in [2.45, 2.75) is 50.1 Å². The Balaban J connectivity index is 1.16. The number of benzene rings is 2. The van der Waals surface area contributed by atoms with Crippen LogP contribution in [0, 0.1) is 5.92 Å². The number of nitrogens with zero attached hydrogens (tertiary/aromatic N) is 2. The molecule has 0 radical (unpaired) electrons. The number of fused-ring (bicyclic) bond motifs is 1. The molecule has 204 valence electrons. The summed E-state index contributed by atoms with van der Waals surface area (Å²) in [5, 5.41) is 0. The lowest BCUT2D eigenvalue weighted by Crippen LogP contribution is -2.62. The maximum atomic E-state index is 13.3. The number of carbonyl (C=O) groups is 2. The quantitative estimate of drug-likeness (QED) is 0.536. The molecule has 4 atom stereocenters. The van der Waals surface area contributed by atoms with Crippen molar-refractivity contribution in [3.63, 3.8) is 0 Å². The van der Waals surface area contributed by atoms with Gasteiger partial charge in [-0.15, -0.1) is 13.2 Å². The first kappa shape index (κ1) is 26.3. The fourth-order valence-electron chi connectivity index (χ4n) is 5.56. The normalized spacial score (nSPS) is 24.9. The Labute approximate surface area is 219 Å². The summed E-state index contributed by atoms with van der Waals surface area (Å²) in [5.41, 5.74) is 1.88. The summed E-state index contributed by atoms with van der Waals surface area (Å²) in [6.45, 7) is 1.97. The maximum absolute atomic E-state index is 13.3. The fraction of sp³-hybridized carbons (Fsp3) is 0.500. The monoisotopic (exact) mass is 532 g/mol. The second kappa shape index (κ2) is 10.8. The molecule has 1 aliphatic carbocycles. The molecule has 0 N–H and O–H groups in total. The van der Waals surface area contributed by atoms with Gasteiger partial charge in [0.2, 0.25) is 11.8 Å². The van der Waals surface area contributed by atoms with Crippen molar-refractivity contribution in [2.75, 3.05) is 33.4 Å². The van der Waals surface area contributed by atoms with Crippen LogP contribution in [-0.4, -0.2) is 73.5 Å². The fourth-order valence-corrected chi connectivity index (χ4v) is 5.56. The van der Waals surface area contributed by atoms with E-state index in [2.05, 4.69) is 4.74 Å². The van der Waals surface area contributed by atoms with Gasteiger partial charge in [0.1, 0.15) is 11.5 Å². The number of amides is 2. The van der Waals surface area contributed by atoms with Gasteiger partial charge in [0.25, 0.3) is 0 Å². The van der Waals surface area contributed by atoms with Gasteiger partial charge in [0, 0.05) is 32.0 Å². The Hall–Kier alpha value is -3.27. The molecule has 2 saturated heterocycles. The average Bonchev–Trinajstić information content (AvgIpc) is 3.72. The minimum atomic E-state index is -4.74. The molecule has 2 aliphatic heterocycles. The van der Waals surface area contributed by atoms with E-state index >= 15 is 0 Å². The third-order valence-corrected chi connectivity index (χ3v) is 7.65. The molecule has 10 heteroatoms. The highest BCUT2D eigenvalue weighted by Gasteiger charge is 2.48. The molecule has 0 bridgehead atoms. The van der Waals surface area contributed by atoms with Gasteiger partial charge in [-0.2, -0.15) is 0 Å². The number of hydrogen-bond acceptors (Lipinski definition) is 5. The van der Waals surface area contributed by atoms with Crippen LogP contribution in [0.1, 0.15) is 36.3 Å². The lowest BCUT2D eigenvalue weighted by molar-refractivity contribution is -0.274. The minimum Gasteiger partial charge on any atom is -0.497 e. The highest BCUT2D eigenvalue weighted by Crippen LogP contribution is 2.49. The standard InChI is InChI=1S/C28H31F3N2O5/c1-36-20-9-5-19(6-10-20)22-16-23(22)27(35)32-13-12-25-24(17-32)33(14-15-37-25)26(34)11-4-18-2-7-21(8-3-18)38-28(29,30)31/h2-3,5-10,22-25H,4,11-17H2,1H3/t22?,23?,24-,25-/m0/s1. The zero-order chi connectivity index (χ0) is 26.9. The number of aryl methyl sites for hydroxylation is 1. The molecule has 1 saturated carbocycles. The van der Waals surface area contributed by atoms with Crippen molar-refractivity contribution in [1.29, 1.82) is 0 Å². The van der Waals surface area contributed by atoms with Crippen LogP contribution in [-0.2, 0) is 20.7 Å². The minimum absolute atomic E-state index is 0.0436. The summed E-state index contributed by atoms with van der Waals surface area (Å²) in [7, 11) is 1.62. The third-order valence-electron chi connectivity index (χ3n) is 7.65. The van der Waals surface area contributed by atoms with Gasteiger partial charge >= 0.3 is 6.36 Å². The maximum Gasteiger partial charge on any atom is 0.573 e. The van der Waals surface area contributed by atoms with Crippen LogP contribution in [0.2, 0.25) is 0 Å². The summed E-state index contributed by atoms with van der Waals surface area (Å²) in [5.74, 6) is 0.741. The summed E-state index contributed by atoms with van der Waals surface area (Å²) in [6.07, 6.45) is -2.72. The van der Waals surface area contributed by atoms with Crippen molar-refractivity contribution in [3.05, 3.63) is 59.7 Å². The molecule has 0 spiro atoms. The number of carbonyl (C=O) groups excluding carboxylic acids is 2. The number of halogens is 3. The largest absolute Gasteiger partial charge is 0.573 e. The van der Waals surface area contributed by atoms with E-state index in [1.54, 1.807) is 7.11 Å². The van der Waals surface area contributed by atoms with E-state index in [9.17, 15) is 22.8 Å². The van der Waals surface area contributed by atoms with Gasteiger partial charge in [0.15, 0.2) is 0 Å². The second-order valence-corrected chi connectivity index (χ2v) is 10.1. The third kappa shape index (κ3) is 6.06. The molecular formula is C28H31F3N2O5. The molecule has 0 aromatic heterocycles. The second-order valence-electron chi connectivity index (χ2n) is 10.1. The molecule has 2 amide bonds. The molecule has 38 heavy (non-hydrogen) atoms. The first-order chi connectivity index (χ1) is 18.2. The number of hydrogen-bond donors (Lipinski definition) is 0. The Morgan fingerprint density at radius 2 is 1.74 bits per heavy atom. The Kier molecular flexibility index (Phi) is 7.52. The molecule has 2 aromatic carbocycles. The highest BCUT2D eigenvalue weighted by molar-refractivity contribution is 5.83. The van der Waals surface area contributed by atoms with Crippen LogP contribution >= 0.6 is 0 Å². The number of morpholine rings is 1. The molecule has 7 nitrogen and oxygen atoms in total. The molecule has 2 unspecified atom stereocenters. The molecular weight excluding hydrogens is 501 g/mol. The summed E-state index contributed by atoms with van der Waals surface area (Å²) in [4.78, 5) is 30.2. The van der Waals surface area contributed by atoms with E-state index in [1.165, 1.54) is 24.3 Å². The predicted octanol–water partition coefficient (Wildman–Crippen LogP) is 4.16. The highest BCUT2D eigenvalue weighted by atomic mass is 19.4. The van der Waals surface area contributed by atoms with Crippen molar-refractivity contribution >= 4 is 11.8 Å². The number of piperidine rings is 1. The van der Waals surface area contributed by atoms with E-state index < -0.39 is 6.36 Å². The van der Waals surface area contributed by atoms with E-state index in [0.717, 1.165) is 23.3 Å². The lowest BCUT2D eigenvalue weighted by atomic mass is 9.97. The van der Waals surface area contributed by atoms with Crippen molar-refractivity contribution in [1.82, 2.24) is 9.80 Å². The SMILES string of the molecule is COc1ccc(C2CC2C(=O)N2CC[C@@H]3OCCN(C(=O)CCc4ccc(OC(F)(F)F)cc4)[C@H]3C2)cc1. The van der Waals surface area contributed by atoms with Crippen molar-refractivity contribution in [2.24, 2.45) is 5.92 Å². The summed E-state index contributed by atoms with van der Waals surface area (Å²) < 4.78 is 52.2. The zero-order valence-electron chi connectivity index (χ0n) is 21.2. The Morgan fingerprint density at radius 1 is 1.03 bits per heavy atom. The first-order valence-corrected chi connectivity index (χ1v) is 12.9. The number of rotatable bonds is 7. The Morgan fingerprint density at radius 3 is 2.42 bits per heavy atom. The topological polar surface area (TPSA) is 68.3 Å². The molecule has 2 heterocycles. The van der Waals surface area contributed by atoms with Gasteiger partial charge in [-0.05, 0) is 60.6 Å². The van der Waals surface area contributed by atoms with Gasteiger partial charge < -0.3 is 24.0 Å². The zero-order valence-corrected chi connectivity index (χ0v) is 21.2. The average molecular weight is 533 g/mol. The van der Waals surface area contributed by atoms with E-state index in [1.807, 2.05) is 34.1 Å². The van der Waals surface area contributed by atoms with E-state index in [-0.39, 0.29) is 48.0 Å². The first-order valence-electron chi connectivity index (χ1n) is 12.9. The predicted molar refractivity (Wildman–Crippen MR) is 132 cm³/mol. The van der Waals surface area contributed by atoms with Crippen LogP contribution in [0.5, 0.6) is 11.5 Å². The molecule has 2 aromatic rings. The van der Waals surface area contributed by atoms with Gasteiger partial charge in [-0.25, -0.2) is 0 Å². The van der Waals surface area contributed by atoms with Crippen LogP contribution in [0.15, 0.2) is 48.5 Å². The number of methoxy groups -OCH3 is 1. The number of ether oxygens (including phenoxy) is 3.